The van der Waals surface area contributed by atoms with Crippen molar-refractivity contribution in [3.63, 3.8) is 0 Å². The quantitative estimate of drug-likeness (QED) is 0.651. The molecule has 0 spiro atoms. The Balaban J connectivity index is 2.33. The highest BCUT2D eigenvalue weighted by molar-refractivity contribution is 6.01. The van der Waals surface area contributed by atoms with Gasteiger partial charge in [0.25, 0.3) is 0 Å². The molecule has 5 heteroatoms. The van der Waals surface area contributed by atoms with Crippen molar-refractivity contribution in [2.45, 2.75) is 39.7 Å². The number of ether oxygens (including phenoxy) is 1. The zero-order chi connectivity index (χ0) is 14.7. The van der Waals surface area contributed by atoms with Gasteiger partial charge in [0.2, 0.25) is 0 Å². The van der Waals surface area contributed by atoms with E-state index in [0.717, 1.165) is 55.2 Å². The first-order valence-corrected chi connectivity index (χ1v) is 7.22. The molecule has 1 aliphatic heterocycles. The van der Waals surface area contributed by atoms with Crippen molar-refractivity contribution in [2.24, 2.45) is 5.73 Å². The Morgan fingerprint density at radius 1 is 1.55 bits per heavy atom. The highest BCUT2D eigenvalue weighted by Crippen LogP contribution is 2.27. The maximum atomic E-state index is 7.82. The fraction of sp³-hybridized carbons (Fsp3) is 0.600. The summed E-state index contributed by atoms with van der Waals surface area (Å²) in [5.41, 5.74) is 9.31. The van der Waals surface area contributed by atoms with Crippen LogP contribution in [0.4, 0.5) is 5.69 Å². The monoisotopic (exact) mass is 276 g/mol. The standard InChI is InChI=1S/C15H24N4O/c1-4-20-12-6-5-7-19(9-12)13-8-10(2)18-11(3)14(13)15(16)17/h8,12H,4-7,9H2,1-3H3,(H3,16,17). The van der Waals surface area contributed by atoms with Gasteiger partial charge in [-0.15, -0.1) is 0 Å². The van der Waals surface area contributed by atoms with Crippen LogP contribution in [0.1, 0.15) is 36.7 Å². The van der Waals surface area contributed by atoms with Crippen molar-refractivity contribution in [1.82, 2.24) is 4.98 Å². The summed E-state index contributed by atoms with van der Waals surface area (Å²) < 4.78 is 5.75. The van der Waals surface area contributed by atoms with E-state index in [1.165, 1.54) is 0 Å². The molecule has 3 N–H and O–H groups in total. The van der Waals surface area contributed by atoms with Gasteiger partial charge in [0.15, 0.2) is 0 Å². The number of nitrogens with two attached hydrogens (primary N) is 1. The van der Waals surface area contributed by atoms with Crippen LogP contribution in [0.3, 0.4) is 0 Å². The first kappa shape index (κ1) is 14.8. The molecule has 0 bridgehead atoms. The Morgan fingerprint density at radius 3 is 2.95 bits per heavy atom. The minimum atomic E-state index is 0.0866. The summed E-state index contributed by atoms with van der Waals surface area (Å²) in [5.74, 6) is 0.0866. The number of pyridine rings is 1. The van der Waals surface area contributed by atoms with Crippen LogP contribution in [0, 0.1) is 19.3 Å². The van der Waals surface area contributed by atoms with Gasteiger partial charge in [0.1, 0.15) is 5.84 Å². The molecule has 0 amide bonds. The van der Waals surface area contributed by atoms with Gasteiger partial charge < -0.3 is 15.4 Å². The number of nitrogen functional groups attached to an aromatic ring is 1. The molecule has 1 saturated heterocycles. The molecule has 20 heavy (non-hydrogen) atoms. The zero-order valence-corrected chi connectivity index (χ0v) is 12.6. The molecule has 0 saturated carbocycles. The molecule has 1 atom stereocenters. The Morgan fingerprint density at radius 2 is 2.30 bits per heavy atom. The summed E-state index contributed by atoms with van der Waals surface area (Å²) >= 11 is 0. The summed E-state index contributed by atoms with van der Waals surface area (Å²) in [6, 6.07) is 2.03. The number of aryl methyl sites for hydroxylation is 2. The third-order valence-electron chi connectivity index (χ3n) is 3.70. The van der Waals surface area contributed by atoms with Crippen LogP contribution in [-0.2, 0) is 4.74 Å². The summed E-state index contributed by atoms with van der Waals surface area (Å²) in [6.07, 6.45) is 2.47. The van der Waals surface area contributed by atoms with Gasteiger partial charge in [-0.3, -0.25) is 10.4 Å². The second kappa shape index (κ2) is 6.22. The molecule has 0 aromatic carbocycles. The summed E-state index contributed by atoms with van der Waals surface area (Å²) in [7, 11) is 0. The second-order valence-electron chi connectivity index (χ2n) is 5.32. The van der Waals surface area contributed by atoms with E-state index in [1.54, 1.807) is 0 Å². The minimum Gasteiger partial charge on any atom is -0.384 e. The molecular formula is C15H24N4O. The molecule has 0 aliphatic carbocycles. The van der Waals surface area contributed by atoms with Crippen molar-refractivity contribution in [2.75, 3.05) is 24.6 Å². The van der Waals surface area contributed by atoms with Crippen LogP contribution in [0.2, 0.25) is 0 Å². The van der Waals surface area contributed by atoms with E-state index in [1.807, 2.05) is 26.8 Å². The normalized spacial score (nSPS) is 19.1. The lowest BCUT2D eigenvalue weighted by molar-refractivity contribution is 0.0526. The maximum absolute atomic E-state index is 7.82. The Labute approximate surface area is 120 Å². The van der Waals surface area contributed by atoms with Crippen molar-refractivity contribution >= 4 is 11.5 Å². The lowest BCUT2D eigenvalue weighted by Gasteiger charge is -2.35. The topological polar surface area (TPSA) is 75.2 Å². The molecule has 0 radical (unpaired) electrons. The first-order valence-electron chi connectivity index (χ1n) is 7.22. The van der Waals surface area contributed by atoms with Gasteiger partial charge in [-0.05, 0) is 39.7 Å². The van der Waals surface area contributed by atoms with E-state index in [0.29, 0.717) is 0 Å². The zero-order valence-electron chi connectivity index (χ0n) is 12.6. The van der Waals surface area contributed by atoms with Gasteiger partial charge in [-0.1, -0.05) is 0 Å². The van der Waals surface area contributed by atoms with Gasteiger partial charge in [0, 0.05) is 25.4 Å². The fourth-order valence-electron chi connectivity index (χ4n) is 2.92. The van der Waals surface area contributed by atoms with E-state index in [2.05, 4.69) is 9.88 Å². The smallest absolute Gasteiger partial charge is 0.126 e. The van der Waals surface area contributed by atoms with Crippen LogP contribution < -0.4 is 10.6 Å². The van der Waals surface area contributed by atoms with Crippen LogP contribution in [-0.4, -0.2) is 36.6 Å². The largest absolute Gasteiger partial charge is 0.384 e. The van der Waals surface area contributed by atoms with Gasteiger partial charge in [-0.2, -0.15) is 0 Å². The summed E-state index contributed by atoms with van der Waals surface area (Å²) in [5, 5.41) is 7.82. The van der Waals surface area contributed by atoms with Crippen LogP contribution >= 0.6 is 0 Å². The van der Waals surface area contributed by atoms with Gasteiger partial charge in [0.05, 0.1) is 23.0 Å². The van der Waals surface area contributed by atoms with E-state index in [-0.39, 0.29) is 11.9 Å². The average molecular weight is 276 g/mol. The SMILES string of the molecule is CCOC1CCCN(c2cc(C)nc(C)c2C(=N)N)C1. The Hall–Kier alpha value is -1.62. The third kappa shape index (κ3) is 3.10. The molecule has 1 aliphatic rings. The van der Waals surface area contributed by atoms with Crippen LogP contribution in [0.25, 0.3) is 0 Å². The molecule has 1 aromatic rings. The van der Waals surface area contributed by atoms with E-state index < -0.39 is 0 Å². The predicted molar refractivity (Wildman–Crippen MR) is 81.6 cm³/mol. The third-order valence-corrected chi connectivity index (χ3v) is 3.70. The van der Waals surface area contributed by atoms with Gasteiger partial charge in [-0.25, -0.2) is 0 Å². The van der Waals surface area contributed by atoms with Crippen LogP contribution in [0.15, 0.2) is 6.07 Å². The summed E-state index contributed by atoms with van der Waals surface area (Å²) in [6.45, 7) is 8.50. The Bertz CT molecular complexity index is 499. The van der Waals surface area contributed by atoms with E-state index >= 15 is 0 Å². The number of aromatic nitrogens is 1. The van der Waals surface area contributed by atoms with Crippen molar-refractivity contribution in [3.05, 3.63) is 23.0 Å². The van der Waals surface area contributed by atoms with Crippen molar-refractivity contribution in [1.29, 1.82) is 5.41 Å². The van der Waals surface area contributed by atoms with Crippen molar-refractivity contribution < 1.29 is 4.74 Å². The maximum Gasteiger partial charge on any atom is 0.126 e. The molecular weight excluding hydrogens is 252 g/mol. The minimum absolute atomic E-state index is 0.0866. The van der Waals surface area contributed by atoms with E-state index in [9.17, 15) is 0 Å². The number of nitrogens with one attached hydrogen (secondary N) is 1. The molecule has 1 unspecified atom stereocenters. The van der Waals surface area contributed by atoms with Crippen molar-refractivity contribution in [3.8, 4) is 0 Å². The molecule has 2 heterocycles. The predicted octanol–water partition coefficient (Wildman–Crippen LogP) is 1.99. The molecule has 5 nitrogen and oxygen atoms in total. The highest BCUT2D eigenvalue weighted by atomic mass is 16.5. The second-order valence-corrected chi connectivity index (χ2v) is 5.32. The van der Waals surface area contributed by atoms with E-state index in [4.69, 9.17) is 15.9 Å². The first-order chi connectivity index (χ1) is 9.52. The number of piperidine rings is 1. The fourth-order valence-corrected chi connectivity index (χ4v) is 2.92. The molecule has 1 fully saturated rings. The molecule has 2 rings (SSSR count). The lowest BCUT2D eigenvalue weighted by Crippen LogP contribution is -2.41. The van der Waals surface area contributed by atoms with Crippen LogP contribution in [0.5, 0.6) is 0 Å². The highest BCUT2D eigenvalue weighted by Gasteiger charge is 2.24. The average Bonchev–Trinajstić information content (AvgIpc) is 2.38. The molecule has 110 valence electrons. The number of hydrogen-bond donors (Lipinski definition) is 2. The summed E-state index contributed by atoms with van der Waals surface area (Å²) in [4.78, 5) is 6.71. The lowest BCUT2D eigenvalue weighted by atomic mass is 10.0. The Kier molecular flexibility index (Phi) is 4.60. The molecule has 1 aromatic heterocycles. The number of amidine groups is 1. The van der Waals surface area contributed by atoms with Gasteiger partial charge >= 0.3 is 0 Å². The number of nitrogens with zero attached hydrogens (tertiary/aromatic N) is 2. The number of anilines is 1. The number of hydrogen-bond acceptors (Lipinski definition) is 4. The number of rotatable bonds is 4.